The molecule has 2 heteroatoms. The van der Waals surface area contributed by atoms with E-state index in [1.807, 2.05) is 0 Å². The van der Waals surface area contributed by atoms with Gasteiger partial charge in [0.05, 0.1) is 0 Å². The van der Waals surface area contributed by atoms with Crippen LogP contribution in [0, 0.1) is 0 Å². The third kappa shape index (κ3) is 3.50. The number of anilines is 1. The maximum absolute atomic E-state index is 3.78. The molecule has 106 valence electrons. The van der Waals surface area contributed by atoms with Crippen molar-refractivity contribution < 1.29 is 0 Å². The van der Waals surface area contributed by atoms with Gasteiger partial charge in [0, 0.05) is 24.3 Å². The molecule has 0 aliphatic carbocycles. The molecule has 0 radical (unpaired) electrons. The molecule has 1 aromatic carbocycles. The van der Waals surface area contributed by atoms with Gasteiger partial charge in [-0.25, -0.2) is 0 Å². The van der Waals surface area contributed by atoms with Gasteiger partial charge in [0.25, 0.3) is 0 Å². The number of hydrogen-bond donors (Lipinski definition) is 1. The van der Waals surface area contributed by atoms with Crippen LogP contribution in [0.2, 0.25) is 0 Å². The third-order valence-corrected chi connectivity index (χ3v) is 4.30. The maximum Gasteiger partial charge on any atom is 0.0380 e. The SMILES string of the molecule is CC1CC(Nc2ccccc2C(C)(C)C)CCN1C. The minimum absolute atomic E-state index is 0.195. The number of nitrogens with zero attached hydrogens (tertiary/aromatic N) is 1. The molecule has 2 nitrogen and oxygen atoms in total. The lowest BCUT2D eigenvalue weighted by Crippen LogP contribution is -2.42. The van der Waals surface area contributed by atoms with Crippen molar-refractivity contribution in [3.63, 3.8) is 0 Å². The summed E-state index contributed by atoms with van der Waals surface area (Å²) in [6, 6.07) is 10.0. The van der Waals surface area contributed by atoms with E-state index in [9.17, 15) is 0 Å². The largest absolute Gasteiger partial charge is 0.382 e. The van der Waals surface area contributed by atoms with Crippen molar-refractivity contribution in [1.82, 2.24) is 4.90 Å². The van der Waals surface area contributed by atoms with Gasteiger partial charge >= 0.3 is 0 Å². The highest BCUT2D eigenvalue weighted by atomic mass is 15.1. The predicted octanol–water partition coefficient (Wildman–Crippen LogP) is 3.88. The van der Waals surface area contributed by atoms with E-state index in [1.165, 1.54) is 30.6 Å². The molecule has 1 aliphatic rings. The molecule has 1 N–H and O–H groups in total. The lowest BCUT2D eigenvalue weighted by molar-refractivity contribution is 0.190. The average Bonchev–Trinajstić information content (AvgIpc) is 2.33. The molecule has 2 rings (SSSR count). The summed E-state index contributed by atoms with van der Waals surface area (Å²) >= 11 is 0. The van der Waals surface area contributed by atoms with E-state index in [0.717, 1.165) is 0 Å². The van der Waals surface area contributed by atoms with E-state index in [-0.39, 0.29) is 5.41 Å². The summed E-state index contributed by atoms with van der Waals surface area (Å²) < 4.78 is 0. The molecule has 0 spiro atoms. The molecule has 1 fully saturated rings. The zero-order valence-corrected chi connectivity index (χ0v) is 13.0. The minimum Gasteiger partial charge on any atom is -0.382 e. The quantitative estimate of drug-likeness (QED) is 0.868. The van der Waals surface area contributed by atoms with Crippen LogP contribution in [-0.2, 0) is 5.41 Å². The van der Waals surface area contributed by atoms with Crippen LogP contribution in [-0.4, -0.2) is 30.6 Å². The number of likely N-dealkylation sites (tertiary alicyclic amines) is 1. The standard InChI is InChI=1S/C17H28N2/c1-13-12-14(10-11-19(13)5)18-16-9-7-6-8-15(16)17(2,3)4/h6-9,13-14,18H,10-12H2,1-5H3. The summed E-state index contributed by atoms with van der Waals surface area (Å²) in [4.78, 5) is 2.45. The number of para-hydroxylation sites is 1. The van der Waals surface area contributed by atoms with Crippen LogP contribution >= 0.6 is 0 Å². The summed E-state index contributed by atoms with van der Waals surface area (Å²) in [6.45, 7) is 10.4. The van der Waals surface area contributed by atoms with Crippen molar-refractivity contribution >= 4 is 5.69 Å². The van der Waals surface area contributed by atoms with Gasteiger partial charge in [0.15, 0.2) is 0 Å². The van der Waals surface area contributed by atoms with Gasteiger partial charge in [-0.3, -0.25) is 0 Å². The Labute approximate surface area is 118 Å². The Morgan fingerprint density at radius 3 is 2.53 bits per heavy atom. The third-order valence-electron chi connectivity index (χ3n) is 4.30. The van der Waals surface area contributed by atoms with Crippen molar-refractivity contribution in [2.45, 2.75) is 58.0 Å². The van der Waals surface area contributed by atoms with Crippen LogP contribution in [0.1, 0.15) is 46.1 Å². The Bertz CT molecular complexity index is 420. The Hall–Kier alpha value is -1.02. The van der Waals surface area contributed by atoms with Gasteiger partial charge in [-0.2, -0.15) is 0 Å². The molecule has 0 amide bonds. The first kappa shape index (κ1) is 14.4. The molecule has 1 saturated heterocycles. The van der Waals surface area contributed by atoms with Crippen LogP contribution in [0.5, 0.6) is 0 Å². The molecule has 1 aromatic rings. The molecule has 0 bridgehead atoms. The first-order chi connectivity index (χ1) is 8.88. The normalized spacial score (nSPS) is 25.3. The molecular formula is C17H28N2. The molecule has 19 heavy (non-hydrogen) atoms. The van der Waals surface area contributed by atoms with Crippen molar-refractivity contribution in [2.24, 2.45) is 0 Å². The van der Waals surface area contributed by atoms with Crippen LogP contribution in [0.3, 0.4) is 0 Å². The Morgan fingerprint density at radius 1 is 1.21 bits per heavy atom. The van der Waals surface area contributed by atoms with Crippen molar-refractivity contribution in [1.29, 1.82) is 0 Å². The fraction of sp³-hybridized carbons (Fsp3) is 0.647. The van der Waals surface area contributed by atoms with Gasteiger partial charge in [-0.05, 0) is 43.9 Å². The molecule has 2 atom stereocenters. The second kappa shape index (κ2) is 5.54. The second-order valence-electron chi connectivity index (χ2n) is 6.99. The van der Waals surface area contributed by atoms with Crippen molar-refractivity contribution in [3.8, 4) is 0 Å². The van der Waals surface area contributed by atoms with E-state index in [2.05, 4.69) is 69.2 Å². The van der Waals surface area contributed by atoms with Gasteiger partial charge in [0.2, 0.25) is 0 Å². The fourth-order valence-corrected chi connectivity index (χ4v) is 2.90. The van der Waals surface area contributed by atoms with Crippen LogP contribution < -0.4 is 5.32 Å². The zero-order chi connectivity index (χ0) is 14.0. The fourth-order valence-electron chi connectivity index (χ4n) is 2.90. The second-order valence-corrected chi connectivity index (χ2v) is 6.99. The first-order valence-corrected chi connectivity index (χ1v) is 7.44. The number of benzene rings is 1. The zero-order valence-electron chi connectivity index (χ0n) is 13.0. The summed E-state index contributed by atoms with van der Waals surface area (Å²) in [5.41, 5.74) is 2.93. The smallest absolute Gasteiger partial charge is 0.0380 e. The number of hydrogen-bond acceptors (Lipinski definition) is 2. The van der Waals surface area contributed by atoms with E-state index in [4.69, 9.17) is 0 Å². The van der Waals surface area contributed by atoms with Gasteiger partial charge in [0.1, 0.15) is 0 Å². The molecule has 2 unspecified atom stereocenters. The van der Waals surface area contributed by atoms with Gasteiger partial charge in [-0.1, -0.05) is 39.0 Å². The Morgan fingerprint density at radius 2 is 1.89 bits per heavy atom. The molecule has 1 heterocycles. The van der Waals surface area contributed by atoms with Crippen molar-refractivity contribution in [2.75, 3.05) is 18.9 Å². The topological polar surface area (TPSA) is 15.3 Å². The predicted molar refractivity (Wildman–Crippen MR) is 83.9 cm³/mol. The first-order valence-electron chi connectivity index (χ1n) is 7.44. The molecule has 0 saturated carbocycles. The monoisotopic (exact) mass is 260 g/mol. The average molecular weight is 260 g/mol. The molecular weight excluding hydrogens is 232 g/mol. The van der Waals surface area contributed by atoms with Gasteiger partial charge < -0.3 is 10.2 Å². The van der Waals surface area contributed by atoms with Crippen molar-refractivity contribution in [3.05, 3.63) is 29.8 Å². The molecule has 1 aliphatic heterocycles. The highest BCUT2D eigenvalue weighted by Gasteiger charge is 2.24. The maximum atomic E-state index is 3.78. The lowest BCUT2D eigenvalue weighted by atomic mass is 9.85. The highest BCUT2D eigenvalue weighted by Crippen LogP contribution is 2.31. The van der Waals surface area contributed by atoms with E-state index in [0.29, 0.717) is 12.1 Å². The number of nitrogens with one attached hydrogen (secondary N) is 1. The summed E-state index contributed by atoms with van der Waals surface area (Å²) in [7, 11) is 2.23. The van der Waals surface area contributed by atoms with E-state index >= 15 is 0 Å². The van der Waals surface area contributed by atoms with E-state index in [1.54, 1.807) is 0 Å². The Kier molecular flexibility index (Phi) is 4.19. The summed E-state index contributed by atoms with van der Waals surface area (Å²) in [5.74, 6) is 0. The van der Waals surface area contributed by atoms with Gasteiger partial charge in [-0.15, -0.1) is 0 Å². The summed E-state index contributed by atoms with van der Waals surface area (Å²) in [5, 5.41) is 3.78. The molecule has 0 aromatic heterocycles. The number of piperidine rings is 1. The lowest BCUT2D eigenvalue weighted by Gasteiger charge is -2.36. The van der Waals surface area contributed by atoms with Crippen LogP contribution in [0.4, 0.5) is 5.69 Å². The Balaban J connectivity index is 2.12. The minimum atomic E-state index is 0.195. The highest BCUT2D eigenvalue weighted by molar-refractivity contribution is 5.54. The van der Waals surface area contributed by atoms with E-state index < -0.39 is 0 Å². The summed E-state index contributed by atoms with van der Waals surface area (Å²) in [6.07, 6.45) is 2.47. The number of rotatable bonds is 2. The van der Waals surface area contributed by atoms with Crippen LogP contribution in [0.25, 0.3) is 0 Å². The van der Waals surface area contributed by atoms with Crippen LogP contribution in [0.15, 0.2) is 24.3 Å².